The predicted octanol–water partition coefficient (Wildman–Crippen LogP) is 0.785. The minimum absolute atomic E-state index is 0.385. The lowest BCUT2D eigenvalue weighted by atomic mass is 10.1. The number of amides is 2. The number of cyclic esters (lactones) is 1. The average molecular weight is 206 g/mol. The van der Waals surface area contributed by atoms with E-state index >= 15 is 0 Å². The van der Waals surface area contributed by atoms with Crippen molar-refractivity contribution >= 4 is 12.0 Å². The fourth-order valence-electron chi connectivity index (χ4n) is 1.44. The number of fused-ring (bicyclic) bond motifs is 1. The first kappa shape index (κ1) is 9.51. The van der Waals surface area contributed by atoms with Gasteiger partial charge in [-0.1, -0.05) is 18.2 Å². The van der Waals surface area contributed by atoms with Gasteiger partial charge in [-0.2, -0.15) is 0 Å². The zero-order valence-electron chi connectivity index (χ0n) is 8.11. The Bertz CT molecular complexity index is 417. The van der Waals surface area contributed by atoms with Gasteiger partial charge in [-0.3, -0.25) is 5.32 Å². The lowest BCUT2D eigenvalue weighted by Gasteiger charge is -2.11. The molecule has 78 valence electrons. The maximum absolute atomic E-state index is 11.4. The number of hydrogen-bond donors (Lipinski definition) is 2. The Morgan fingerprint density at radius 3 is 2.87 bits per heavy atom. The highest BCUT2D eigenvalue weighted by Crippen LogP contribution is 2.27. The van der Waals surface area contributed by atoms with Gasteiger partial charge in [0, 0.05) is 12.6 Å². The molecule has 1 aliphatic rings. The molecule has 0 aromatic heterocycles. The summed E-state index contributed by atoms with van der Waals surface area (Å²) in [5.41, 5.74) is 1.19. The van der Waals surface area contributed by atoms with Crippen molar-refractivity contribution in [3.05, 3.63) is 35.4 Å². The van der Waals surface area contributed by atoms with Gasteiger partial charge in [0.15, 0.2) is 0 Å². The van der Waals surface area contributed by atoms with Crippen molar-refractivity contribution in [2.75, 3.05) is 7.05 Å². The Kier molecular flexibility index (Phi) is 2.29. The summed E-state index contributed by atoms with van der Waals surface area (Å²) in [6.07, 6.45) is -0.686. The monoisotopic (exact) mass is 206 g/mol. The fourth-order valence-corrected chi connectivity index (χ4v) is 1.44. The number of urea groups is 1. The lowest BCUT2D eigenvalue weighted by molar-refractivity contribution is 0.0338. The van der Waals surface area contributed by atoms with E-state index in [0.29, 0.717) is 11.1 Å². The Morgan fingerprint density at radius 1 is 1.40 bits per heavy atom. The molecule has 1 aromatic carbocycles. The number of hydrogen-bond acceptors (Lipinski definition) is 3. The Morgan fingerprint density at radius 2 is 2.13 bits per heavy atom. The molecule has 0 saturated heterocycles. The number of benzene rings is 1. The summed E-state index contributed by atoms with van der Waals surface area (Å²) in [6.45, 7) is 0. The molecule has 1 atom stereocenters. The van der Waals surface area contributed by atoms with Crippen molar-refractivity contribution in [3.63, 3.8) is 0 Å². The first-order valence-corrected chi connectivity index (χ1v) is 4.50. The van der Waals surface area contributed by atoms with Crippen LogP contribution >= 0.6 is 0 Å². The molecule has 0 saturated carbocycles. The van der Waals surface area contributed by atoms with Crippen LogP contribution in [0.2, 0.25) is 0 Å². The molecule has 5 nitrogen and oxygen atoms in total. The highest BCUT2D eigenvalue weighted by molar-refractivity contribution is 5.94. The number of esters is 1. The summed E-state index contributed by atoms with van der Waals surface area (Å²) >= 11 is 0. The SMILES string of the molecule is CNC(=O)NC1OC(=O)c2ccccc21. The quantitative estimate of drug-likeness (QED) is 0.667. The van der Waals surface area contributed by atoms with Crippen molar-refractivity contribution in [2.24, 2.45) is 0 Å². The molecule has 15 heavy (non-hydrogen) atoms. The van der Waals surface area contributed by atoms with Gasteiger partial charge in [0.05, 0.1) is 5.56 Å². The molecule has 0 bridgehead atoms. The highest BCUT2D eigenvalue weighted by Gasteiger charge is 2.31. The topological polar surface area (TPSA) is 67.4 Å². The first-order chi connectivity index (χ1) is 7.22. The largest absolute Gasteiger partial charge is 0.434 e. The van der Waals surface area contributed by atoms with Crippen LogP contribution in [0.3, 0.4) is 0 Å². The number of rotatable bonds is 1. The van der Waals surface area contributed by atoms with Crippen LogP contribution in [0.25, 0.3) is 0 Å². The highest BCUT2D eigenvalue weighted by atomic mass is 16.6. The van der Waals surface area contributed by atoms with Gasteiger partial charge in [0.25, 0.3) is 0 Å². The van der Waals surface area contributed by atoms with Gasteiger partial charge in [-0.15, -0.1) is 0 Å². The fraction of sp³-hybridized carbons (Fsp3) is 0.200. The van der Waals surface area contributed by atoms with Crippen LogP contribution in [0.4, 0.5) is 4.79 Å². The molecule has 1 aromatic rings. The van der Waals surface area contributed by atoms with E-state index in [1.54, 1.807) is 24.3 Å². The average Bonchev–Trinajstić information content (AvgIpc) is 2.57. The van der Waals surface area contributed by atoms with E-state index in [2.05, 4.69) is 10.6 Å². The molecule has 2 N–H and O–H groups in total. The van der Waals surface area contributed by atoms with E-state index < -0.39 is 12.2 Å². The lowest BCUT2D eigenvalue weighted by Crippen LogP contribution is -2.35. The van der Waals surface area contributed by atoms with Gasteiger partial charge < -0.3 is 10.1 Å². The molecule has 2 amide bonds. The number of ether oxygens (including phenoxy) is 1. The van der Waals surface area contributed by atoms with Crippen LogP contribution in [0, 0.1) is 0 Å². The van der Waals surface area contributed by atoms with Crippen LogP contribution in [0.15, 0.2) is 24.3 Å². The van der Waals surface area contributed by atoms with Gasteiger partial charge in [0.1, 0.15) is 0 Å². The number of nitrogens with one attached hydrogen (secondary N) is 2. The predicted molar refractivity (Wildman–Crippen MR) is 52.2 cm³/mol. The summed E-state index contributed by atoms with van der Waals surface area (Å²) in [7, 11) is 1.50. The van der Waals surface area contributed by atoms with E-state index in [1.807, 2.05) is 0 Å². The molecule has 5 heteroatoms. The molecule has 0 radical (unpaired) electrons. The third kappa shape index (κ3) is 1.63. The summed E-state index contributed by atoms with van der Waals surface area (Å²) in [6, 6.07) is 6.58. The summed E-state index contributed by atoms with van der Waals surface area (Å²) in [5.74, 6) is -0.410. The second-order valence-electron chi connectivity index (χ2n) is 3.10. The zero-order chi connectivity index (χ0) is 10.8. The van der Waals surface area contributed by atoms with Crippen LogP contribution in [0.5, 0.6) is 0 Å². The summed E-state index contributed by atoms with van der Waals surface area (Å²) < 4.78 is 4.99. The Hall–Kier alpha value is -2.04. The van der Waals surface area contributed by atoms with Gasteiger partial charge in [-0.25, -0.2) is 9.59 Å². The van der Waals surface area contributed by atoms with Crippen molar-refractivity contribution in [2.45, 2.75) is 6.23 Å². The molecule has 0 aliphatic carbocycles. The normalized spacial score (nSPS) is 17.9. The van der Waals surface area contributed by atoms with Crippen molar-refractivity contribution < 1.29 is 14.3 Å². The maximum Gasteiger partial charge on any atom is 0.340 e. The van der Waals surface area contributed by atoms with Crippen LogP contribution in [-0.2, 0) is 4.74 Å². The maximum atomic E-state index is 11.4. The van der Waals surface area contributed by atoms with E-state index in [0.717, 1.165) is 0 Å². The number of carbonyl (C=O) groups is 2. The third-order valence-corrected chi connectivity index (χ3v) is 2.18. The van der Waals surface area contributed by atoms with Crippen LogP contribution < -0.4 is 10.6 Å². The van der Waals surface area contributed by atoms with Crippen LogP contribution in [0.1, 0.15) is 22.1 Å². The molecular weight excluding hydrogens is 196 g/mol. The minimum Gasteiger partial charge on any atom is -0.434 e. The standard InChI is InChI=1S/C10H10N2O3/c1-11-10(14)12-8-6-4-2-3-5-7(6)9(13)15-8/h2-5,8H,1H3,(H2,11,12,14). The smallest absolute Gasteiger partial charge is 0.340 e. The van der Waals surface area contributed by atoms with Crippen molar-refractivity contribution in [3.8, 4) is 0 Å². The number of carbonyl (C=O) groups excluding carboxylic acids is 2. The Labute approximate surface area is 86.4 Å². The molecule has 1 heterocycles. The van der Waals surface area contributed by atoms with Crippen molar-refractivity contribution in [1.29, 1.82) is 0 Å². The zero-order valence-corrected chi connectivity index (χ0v) is 8.11. The Balaban J connectivity index is 2.25. The second-order valence-corrected chi connectivity index (χ2v) is 3.10. The third-order valence-electron chi connectivity index (χ3n) is 2.18. The minimum atomic E-state index is -0.686. The molecule has 0 spiro atoms. The van der Waals surface area contributed by atoms with Gasteiger partial charge >= 0.3 is 12.0 Å². The molecule has 0 fully saturated rings. The molecule has 1 unspecified atom stereocenters. The van der Waals surface area contributed by atoms with E-state index in [9.17, 15) is 9.59 Å². The van der Waals surface area contributed by atoms with Crippen molar-refractivity contribution in [1.82, 2.24) is 10.6 Å². The van der Waals surface area contributed by atoms with Gasteiger partial charge in [0.2, 0.25) is 6.23 Å². The molecule has 2 rings (SSSR count). The molecule has 1 aliphatic heterocycles. The van der Waals surface area contributed by atoms with Crippen LogP contribution in [-0.4, -0.2) is 19.0 Å². The summed E-state index contributed by atoms with van der Waals surface area (Å²) in [5, 5.41) is 4.92. The second kappa shape index (κ2) is 3.61. The summed E-state index contributed by atoms with van der Waals surface area (Å²) in [4.78, 5) is 22.4. The van der Waals surface area contributed by atoms with E-state index in [4.69, 9.17) is 4.74 Å². The first-order valence-electron chi connectivity index (χ1n) is 4.50. The van der Waals surface area contributed by atoms with E-state index in [-0.39, 0.29) is 6.03 Å². The molecular formula is C10H10N2O3. The van der Waals surface area contributed by atoms with Gasteiger partial charge in [-0.05, 0) is 6.07 Å². The van der Waals surface area contributed by atoms with E-state index in [1.165, 1.54) is 7.05 Å².